The van der Waals surface area contributed by atoms with Crippen molar-refractivity contribution < 1.29 is 22.7 Å². The summed E-state index contributed by atoms with van der Waals surface area (Å²) in [5.41, 5.74) is 2.70. The van der Waals surface area contributed by atoms with E-state index >= 15 is 0 Å². The van der Waals surface area contributed by atoms with Crippen molar-refractivity contribution in [2.45, 2.75) is 63.2 Å². The van der Waals surface area contributed by atoms with Crippen LogP contribution in [0.5, 0.6) is 11.5 Å². The quantitative estimate of drug-likeness (QED) is 0.277. The van der Waals surface area contributed by atoms with Gasteiger partial charge in [-0.25, -0.2) is 13.1 Å². The molecule has 2 aliphatic rings. The second-order valence-electron chi connectivity index (χ2n) is 11.7. The van der Waals surface area contributed by atoms with Crippen molar-refractivity contribution in [1.82, 2.24) is 29.5 Å². The number of rotatable bonds is 10. The first-order chi connectivity index (χ1) is 21.6. The molecule has 1 N–H and O–H groups in total. The standard InChI is InChI=1S/C33H38N6O5S/c1-5-43-27-9-7-25-18-28(10-8-24(25)17-27)45(41,42)39-14-13-34-33(40)31(39)19-26-21-38(36-35-26)30-12-15-44-32-16-23(6-11-29(30)32)20-37(4)22(2)3/h6-11,13-14,16-18,21-22,30-31H,5,12,15,19-20H2,1-4H3,(H,34,40). The van der Waals surface area contributed by atoms with E-state index in [1.807, 2.05) is 25.1 Å². The maximum atomic E-state index is 13.9. The first-order valence-electron chi connectivity index (χ1n) is 15.2. The highest BCUT2D eigenvalue weighted by Crippen LogP contribution is 2.36. The molecule has 1 amide bonds. The first-order valence-corrected chi connectivity index (χ1v) is 16.6. The Labute approximate surface area is 263 Å². The third-order valence-corrected chi connectivity index (χ3v) is 10.2. The molecule has 0 aliphatic carbocycles. The Morgan fingerprint density at radius 3 is 2.71 bits per heavy atom. The van der Waals surface area contributed by atoms with Crippen LogP contribution < -0.4 is 14.8 Å². The molecule has 1 aromatic heterocycles. The highest BCUT2D eigenvalue weighted by molar-refractivity contribution is 7.89. The Morgan fingerprint density at radius 1 is 1.11 bits per heavy atom. The SMILES string of the molecule is CCOc1ccc2cc(S(=O)(=O)N3C=CNC(=O)C3Cc3cn(C4CCOc5cc(CN(C)C(C)C)ccc54)nn3)ccc2c1. The van der Waals surface area contributed by atoms with Gasteiger partial charge in [0.15, 0.2) is 0 Å². The van der Waals surface area contributed by atoms with Crippen molar-refractivity contribution >= 4 is 26.7 Å². The molecule has 4 aromatic rings. The Morgan fingerprint density at radius 2 is 1.91 bits per heavy atom. The van der Waals surface area contributed by atoms with Gasteiger partial charge in [0.1, 0.15) is 17.5 Å². The van der Waals surface area contributed by atoms with E-state index in [4.69, 9.17) is 9.47 Å². The largest absolute Gasteiger partial charge is 0.494 e. The zero-order valence-corrected chi connectivity index (χ0v) is 26.7. The molecule has 0 bridgehead atoms. The second kappa shape index (κ2) is 12.5. The van der Waals surface area contributed by atoms with Gasteiger partial charge in [-0.1, -0.05) is 29.5 Å². The Hall–Kier alpha value is -4.42. The summed E-state index contributed by atoms with van der Waals surface area (Å²) in [4.78, 5) is 15.4. The number of sulfonamides is 1. The molecule has 236 valence electrons. The molecular weight excluding hydrogens is 592 g/mol. The Balaban J connectivity index is 1.23. The molecule has 2 aliphatic heterocycles. The van der Waals surface area contributed by atoms with Crippen molar-refractivity contribution in [2.24, 2.45) is 0 Å². The fraction of sp³-hybridized carbons (Fsp3) is 0.364. The van der Waals surface area contributed by atoms with Crippen molar-refractivity contribution in [3.8, 4) is 11.5 Å². The summed E-state index contributed by atoms with van der Waals surface area (Å²) in [7, 11) is -1.97. The number of hydrogen-bond donors (Lipinski definition) is 1. The van der Waals surface area contributed by atoms with Gasteiger partial charge in [0.25, 0.3) is 10.0 Å². The van der Waals surface area contributed by atoms with Crippen molar-refractivity contribution in [1.29, 1.82) is 0 Å². The average molecular weight is 631 g/mol. The summed E-state index contributed by atoms with van der Waals surface area (Å²) < 4.78 is 42.2. The molecule has 11 nitrogen and oxygen atoms in total. The topological polar surface area (TPSA) is 119 Å². The van der Waals surface area contributed by atoms with Gasteiger partial charge in [0.2, 0.25) is 5.91 Å². The van der Waals surface area contributed by atoms with Crippen LogP contribution in [0.3, 0.4) is 0 Å². The van der Waals surface area contributed by atoms with Crippen molar-refractivity contribution in [3.63, 3.8) is 0 Å². The van der Waals surface area contributed by atoms with E-state index in [1.54, 1.807) is 29.1 Å². The maximum Gasteiger partial charge on any atom is 0.264 e. The number of benzene rings is 3. The van der Waals surface area contributed by atoms with Gasteiger partial charge in [-0.05, 0) is 74.5 Å². The van der Waals surface area contributed by atoms with Gasteiger partial charge in [-0.2, -0.15) is 0 Å². The molecule has 2 atom stereocenters. The molecule has 45 heavy (non-hydrogen) atoms. The number of nitrogens with zero attached hydrogens (tertiary/aromatic N) is 5. The summed E-state index contributed by atoms with van der Waals surface area (Å²) in [6.45, 7) is 8.13. The van der Waals surface area contributed by atoms with Crippen LogP contribution >= 0.6 is 0 Å². The van der Waals surface area contributed by atoms with Crippen LogP contribution in [-0.2, 0) is 27.8 Å². The minimum absolute atomic E-state index is 0.0528. The number of hydrogen-bond acceptors (Lipinski definition) is 8. The van der Waals surface area contributed by atoms with E-state index in [2.05, 4.69) is 59.6 Å². The zero-order chi connectivity index (χ0) is 31.7. The molecule has 0 spiro atoms. The number of amides is 1. The number of carbonyl (C=O) groups is 1. The number of fused-ring (bicyclic) bond motifs is 2. The van der Waals surface area contributed by atoms with Crippen molar-refractivity contribution in [3.05, 3.63) is 90.0 Å². The molecule has 6 rings (SSSR count). The smallest absolute Gasteiger partial charge is 0.264 e. The maximum absolute atomic E-state index is 13.9. The molecular formula is C33H38N6O5S. The van der Waals surface area contributed by atoms with Crippen LogP contribution in [0, 0.1) is 0 Å². The lowest BCUT2D eigenvalue weighted by Gasteiger charge is -2.31. The average Bonchev–Trinajstić information content (AvgIpc) is 3.49. The molecule has 2 unspecified atom stereocenters. The summed E-state index contributed by atoms with van der Waals surface area (Å²) in [6.07, 6.45) is 5.29. The predicted molar refractivity (Wildman–Crippen MR) is 170 cm³/mol. The molecule has 3 aromatic carbocycles. The summed E-state index contributed by atoms with van der Waals surface area (Å²) in [5.74, 6) is 1.11. The molecule has 0 fully saturated rings. The van der Waals surface area contributed by atoms with Gasteiger partial charge in [-0.15, -0.1) is 5.10 Å². The molecule has 3 heterocycles. The minimum Gasteiger partial charge on any atom is -0.494 e. The molecule has 0 saturated heterocycles. The zero-order valence-electron chi connectivity index (χ0n) is 25.9. The monoisotopic (exact) mass is 630 g/mol. The number of carbonyl (C=O) groups excluding carboxylic acids is 1. The first kappa shape index (κ1) is 30.6. The Bertz CT molecular complexity index is 1850. The van der Waals surface area contributed by atoms with Crippen LogP contribution in [0.1, 0.15) is 50.1 Å². The highest BCUT2D eigenvalue weighted by atomic mass is 32.2. The molecule has 12 heteroatoms. The van der Waals surface area contributed by atoms with E-state index < -0.39 is 22.0 Å². The normalized spacial score (nSPS) is 18.3. The fourth-order valence-electron chi connectivity index (χ4n) is 5.70. The van der Waals surface area contributed by atoms with E-state index in [0.29, 0.717) is 37.1 Å². The van der Waals surface area contributed by atoms with Crippen LogP contribution in [0.2, 0.25) is 0 Å². The second-order valence-corrected chi connectivity index (χ2v) is 13.6. The predicted octanol–water partition coefficient (Wildman–Crippen LogP) is 4.25. The van der Waals surface area contributed by atoms with E-state index in [0.717, 1.165) is 32.9 Å². The van der Waals surface area contributed by atoms with Gasteiger partial charge in [-0.3, -0.25) is 14.0 Å². The fourth-order valence-corrected chi connectivity index (χ4v) is 7.18. The van der Waals surface area contributed by atoms with Crippen LogP contribution in [0.4, 0.5) is 0 Å². The number of nitrogens with one attached hydrogen (secondary N) is 1. The van der Waals surface area contributed by atoms with E-state index in [9.17, 15) is 13.2 Å². The number of aromatic nitrogens is 3. The van der Waals surface area contributed by atoms with Crippen LogP contribution in [0.15, 0.2) is 78.1 Å². The minimum atomic E-state index is -4.07. The van der Waals surface area contributed by atoms with E-state index in [-0.39, 0.29) is 17.4 Å². The van der Waals surface area contributed by atoms with E-state index in [1.165, 1.54) is 18.0 Å². The third kappa shape index (κ3) is 6.25. The van der Waals surface area contributed by atoms with Gasteiger partial charge in [0, 0.05) is 49.6 Å². The van der Waals surface area contributed by atoms with Crippen LogP contribution in [0.25, 0.3) is 10.8 Å². The third-order valence-electron chi connectivity index (χ3n) is 8.41. The van der Waals surface area contributed by atoms with Gasteiger partial charge < -0.3 is 14.8 Å². The lowest BCUT2D eigenvalue weighted by Crippen LogP contribution is -2.50. The lowest BCUT2D eigenvalue weighted by atomic mass is 9.98. The number of ether oxygens (including phenoxy) is 2. The van der Waals surface area contributed by atoms with Crippen LogP contribution in [-0.4, -0.2) is 70.9 Å². The highest BCUT2D eigenvalue weighted by Gasteiger charge is 2.36. The lowest BCUT2D eigenvalue weighted by molar-refractivity contribution is -0.124. The molecule has 0 saturated carbocycles. The van der Waals surface area contributed by atoms with Gasteiger partial charge >= 0.3 is 0 Å². The molecule has 0 radical (unpaired) electrons. The summed E-state index contributed by atoms with van der Waals surface area (Å²) in [6, 6.07) is 16.0. The Kier molecular flexibility index (Phi) is 8.52. The van der Waals surface area contributed by atoms with Gasteiger partial charge in [0.05, 0.1) is 29.8 Å². The van der Waals surface area contributed by atoms with Crippen molar-refractivity contribution in [2.75, 3.05) is 20.3 Å². The summed E-state index contributed by atoms with van der Waals surface area (Å²) >= 11 is 0. The summed E-state index contributed by atoms with van der Waals surface area (Å²) in [5, 5.41) is 13.0.